The Labute approximate surface area is 629 Å². The summed E-state index contributed by atoms with van der Waals surface area (Å²) in [6.45, 7) is 3.66. The zero-order valence-corrected chi connectivity index (χ0v) is 63.6. The maximum atomic E-state index is 13.2. The van der Waals surface area contributed by atoms with Gasteiger partial charge in [0.1, 0.15) is 50.1 Å². The Morgan fingerprint density at radius 1 is 0.845 bits per heavy atom. The third-order valence-corrected chi connectivity index (χ3v) is 22.8. The number of aromatic nitrogens is 2. The van der Waals surface area contributed by atoms with Gasteiger partial charge in [-0.25, -0.2) is 18.5 Å². The molecular formula is C66H81N13O26P3S2+. The highest BCUT2D eigenvalue weighted by atomic mass is 32.2. The molecule has 0 radical (unpaired) electrons. The summed E-state index contributed by atoms with van der Waals surface area (Å²) in [6, 6.07) is 28.5. The lowest BCUT2D eigenvalue weighted by Crippen LogP contribution is -2.34. The number of H-pyrrole nitrogens is 1. The van der Waals surface area contributed by atoms with Gasteiger partial charge in [-0.15, -0.1) is 0 Å². The molecule has 10 N–H and O–H groups in total. The molecule has 0 saturated carbocycles. The Bertz CT molecular complexity index is 4980. The molecule has 592 valence electrons. The molecule has 1 aromatic heterocycles. The van der Waals surface area contributed by atoms with E-state index in [4.69, 9.17) is 39.0 Å². The molecule has 3 amide bonds. The fraction of sp³-hybridized carbons (Fsp3) is 0.424. The van der Waals surface area contributed by atoms with Crippen LogP contribution in [0.1, 0.15) is 105 Å². The number of azide groups is 2. The molecule has 4 aromatic carbocycles. The van der Waals surface area contributed by atoms with Crippen molar-refractivity contribution in [3.63, 3.8) is 0 Å². The molecule has 44 heteroatoms. The summed E-state index contributed by atoms with van der Waals surface area (Å²) in [5.41, 5.74) is 20.6. The first-order valence-corrected chi connectivity index (χ1v) is 41.3. The van der Waals surface area contributed by atoms with E-state index >= 15 is 0 Å². The number of unbranched alkanes of at least 4 members (excludes halogenated alkanes) is 3. The van der Waals surface area contributed by atoms with Gasteiger partial charge in [-0.3, -0.25) is 42.4 Å². The molecule has 110 heavy (non-hydrogen) atoms. The number of fused-ring (bicyclic) bond motifs is 2. The highest BCUT2D eigenvalue weighted by Gasteiger charge is 2.48. The predicted molar refractivity (Wildman–Crippen MR) is 393 cm³/mol. The average Bonchev–Trinajstić information content (AvgIpc) is 1.58. The van der Waals surface area contributed by atoms with Crippen molar-refractivity contribution < 1.29 is 115 Å². The molecule has 8 rings (SSSR count). The first-order chi connectivity index (χ1) is 52.0. The smallest absolute Gasteiger partial charge is 0.490 e. The zero-order chi connectivity index (χ0) is 80.1. The van der Waals surface area contributed by atoms with Gasteiger partial charge in [-0.05, 0) is 118 Å². The molecule has 1 saturated heterocycles. The van der Waals surface area contributed by atoms with E-state index in [-0.39, 0.29) is 92.1 Å². The lowest BCUT2D eigenvalue weighted by Gasteiger charge is -2.30. The Morgan fingerprint density at radius 2 is 1.59 bits per heavy atom. The maximum Gasteiger partial charge on any atom is 0.490 e. The normalized spacial score (nSPS) is 19.1. The largest absolute Gasteiger partial charge is 0.491 e. The van der Waals surface area contributed by atoms with Crippen LogP contribution in [0.15, 0.2) is 152 Å². The Balaban J connectivity index is 0.759. The summed E-state index contributed by atoms with van der Waals surface area (Å²) in [4.78, 5) is 110. The van der Waals surface area contributed by atoms with E-state index < -0.39 is 122 Å². The van der Waals surface area contributed by atoms with Crippen LogP contribution in [0.3, 0.4) is 0 Å². The number of rotatable bonds is 41. The van der Waals surface area contributed by atoms with Crippen LogP contribution < -0.4 is 36.8 Å². The van der Waals surface area contributed by atoms with Gasteiger partial charge >= 0.3 is 29.2 Å². The predicted octanol–water partition coefficient (Wildman–Crippen LogP) is 7.37. The van der Waals surface area contributed by atoms with E-state index in [1.54, 1.807) is 18.2 Å². The molecular weight excluding hydrogens is 1550 g/mol. The van der Waals surface area contributed by atoms with Gasteiger partial charge in [0.05, 0.1) is 48.5 Å². The first kappa shape index (κ1) is 86.6. The Morgan fingerprint density at radius 3 is 2.32 bits per heavy atom. The van der Waals surface area contributed by atoms with Crippen LogP contribution >= 0.6 is 23.5 Å². The molecule has 39 nitrogen and oxygen atoms in total. The summed E-state index contributed by atoms with van der Waals surface area (Å²) in [6.07, 6.45) is 4.88. The highest BCUT2D eigenvalue weighted by Crippen LogP contribution is 2.66. The van der Waals surface area contributed by atoms with Gasteiger partial charge in [-0.2, -0.15) is 30.0 Å². The summed E-state index contributed by atoms with van der Waals surface area (Å²) >= 11 is 0. The Kier molecular flexibility index (Phi) is 30.5. The number of anilines is 2. The number of phosphoric acid groups is 3. The van der Waals surface area contributed by atoms with Crippen molar-refractivity contribution in [3.8, 4) is 17.6 Å². The van der Waals surface area contributed by atoms with Gasteiger partial charge in [0, 0.05) is 94.1 Å². The van der Waals surface area contributed by atoms with Crippen LogP contribution in [-0.4, -0.2) is 173 Å². The SMILES string of the molecule is CC1(C)C(/C=C/C=C2/N(c3ccccc3)c3ccccc3C2(C)CCCCS(=O)(=O)O)=[N+](CCCCCC(=O)NCCNC(=O)c2cccc(OCC(N=[N+]=[N-])OCCOCC(=O)NCC#Cc3cn(C4CC(OCN=[N+]=[N-])C(COP(=O)(O)OP(=O)(O)OP(=O)(O)O)O4)c(=O)[nH]c3=O)c2)c2ccc(S(=O)(=O)O)cc21. The van der Waals surface area contributed by atoms with E-state index in [0.29, 0.717) is 44.2 Å². The fourth-order valence-corrected chi connectivity index (χ4v) is 16.4. The topological polar surface area (TPSA) is 561 Å². The number of carbonyl (C=O) groups excluding carboxylic acids is 3. The number of para-hydroxylation sites is 2. The average molecular weight is 1630 g/mol. The summed E-state index contributed by atoms with van der Waals surface area (Å²) in [5, 5.41) is 14.8. The van der Waals surface area contributed by atoms with Crippen LogP contribution in [-0.2, 0) is 86.4 Å². The number of nitrogens with zero attached hydrogens (tertiary/aromatic N) is 9. The second-order valence-corrected chi connectivity index (χ2v) is 32.8. The minimum atomic E-state index is -5.88. The molecule has 7 atom stereocenters. The lowest BCUT2D eigenvalue weighted by atomic mass is 9.77. The third kappa shape index (κ3) is 25.0. The van der Waals surface area contributed by atoms with Crippen LogP contribution in [0.5, 0.6) is 5.75 Å². The quantitative estimate of drug-likeness (QED) is 0.00267. The molecule has 7 unspecified atom stereocenters. The number of ether oxygens (including phenoxy) is 5. The van der Waals surface area contributed by atoms with Crippen molar-refractivity contribution >= 4 is 84.2 Å². The van der Waals surface area contributed by atoms with E-state index in [1.807, 2.05) is 85.6 Å². The van der Waals surface area contributed by atoms with E-state index in [1.165, 1.54) is 24.3 Å². The van der Waals surface area contributed by atoms with Gasteiger partial charge in [0.15, 0.2) is 11.9 Å². The molecule has 0 aliphatic carbocycles. The molecule has 3 aliphatic rings. The molecule has 1 fully saturated rings. The lowest BCUT2D eigenvalue weighted by molar-refractivity contribution is -0.438. The minimum Gasteiger partial charge on any atom is -0.491 e. The summed E-state index contributed by atoms with van der Waals surface area (Å²) in [7, 11) is -25.9. The van der Waals surface area contributed by atoms with Crippen molar-refractivity contribution in [2.24, 2.45) is 10.2 Å². The number of allylic oxidation sites excluding steroid dienone is 4. The van der Waals surface area contributed by atoms with E-state index in [0.717, 1.165) is 44.8 Å². The third-order valence-electron chi connectivity index (χ3n) is 17.3. The molecule has 5 aromatic rings. The number of amides is 3. The van der Waals surface area contributed by atoms with Crippen molar-refractivity contribution in [1.82, 2.24) is 25.5 Å². The van der Waals surface area contributed by atoms with Crippen molar-refractivity contribution in [3.05, 3.63) is 191 Å². The highest BCUT2D eigenvalue weighted by molar-refractivity contribution is 7.86. The zero-order valence-electron chi connectivity index (χ0n) is 59.3. The van der Waals surface area contributed by atoms with Gasteiger partial charge in [0.2, 0.25) is 17.5 Å². The molecule has 3 aliphatic heterocycles. The number of hydrogen-bond acceptors (Lipinski definition) is 23. The van der Waals surface area contributed by atoms with Crippen LogP contribution in [0, 0.1) is 11.8 Å². The number of benzene rings is 4. The second kappa shape index (κ2) is 38.7. The number of phosphoric ester groups is 1. The summed E-state index contributed by atoms with van der Waals surface area (Å²) in [5.74, 6) is 3.51. The van der Waals surface area contributed by atoms with Crippen molar-refractivity contribution in [2.45, 2.75) is 113 Å². The van der Waals surface area contributed by atoms with Gasteiger partial charge in [0.25, 0.3) is 31.7 Å². The Hall–Kier alpha value is -9.03. The maximum absolute atomic E-state index is 13.2. The van der Waals surface area contributed by atoms with Crippen LogP contribution in [0.25, 0.3) is 20.9 Å². The first-order valence-electron chi connectivity index (χ1n) is 33.8. The minimum absolute atomic E-state index is 0.0857. The number of carbonyl (C=O) groups is 3. The second-order valence-electron chi connectivity index (χ2n) is 25.4. The van der Waals surface area contributed by atoms with E-state index in [2.05, 4.69) is 83.5 Å². The molecule has 0 spiro atoms. The van der Waals surface area contributed by atoms with Crippen molar-refractivity contribution in [1.29, 1.82) is 0 Å². The van der Waals surface area contributed by atoms with E-state index in [9.17, 15) is 78.9 Å². The fourth-order valence-electron chi connectivity index (χ4n) is 12.3. The monoisotopic (exact) mass is 1630 g/mol. The molecule has 0 bridgehead atoms. The number of nitrogens with one attached hydrogen (secondary N) is 4. The number of aromatic amines is 1. The standard InChI is InChI=1S/C66H80N13O26P3S2/c1-65(2)51-38-49(110(95,96)97)27-28-52(51)77(56(65)24-15-25-57-66(3,29-11-13-36-109(92,93)94)50-22-9-10-23-53(50)79(57)47-19-6-4-7-20-47)33-12-5-8-26-58(80)70-31-32-71-62(82)45-17-14-21-48(37-45)100-43-60(74-76-68)99-35-34-98-42-59(81)69-30-16-18-46-40-78(64(84)73-63(46)83)61-39-54(101-44-72-75-67)55(103-61)41-102-107(88,89)105-108(90,91)104-106(85,86)87/h4,6-7,9-10,14-15,17,19-25,27-28,37-38,40,54-55,60-61H,5,8,11-13,26,29-36,39,41-44H2,1-3H3,(H9-,69,70,71,73,80,81,82,83,84,85,86,87,88,89,90,91,92,93,94,95,96,97)/p+1. The van der Waals surface area contributed by atoms with Crippen LogP contribution in [0.2, 0.25) is 0 Å². The van der Waals surface area contributed by atoms with Gasteiger partial charge in [-0.1, -0.05) is 77.0 Å². The van der Waals surface area contributed by atoms with Crippen LogP contribution in [0.4, 0.5) is 17.1 Å². The van der Waals surface area contributed by atoms with Gasteiger partial charge < -0.3 is 64.1 Å². The number of hydrogen-bond donors (Lipinski definition) is 10. The molecule has 4 heterocycles. The van der Waals surface area contributed by atoms with Crippen molar-refractivity contribution in [2.75, 3.05) is 76.6 Å². The summed E-state index contributed by atoms with van der Waals surface area (Å²) < 4.78 is 146.